The number of halogens is 1. The molecule has 0 radical (unpaired) electrons. The van der Waals surface area contributed by atoms with Crippen LogP contribution >= 0.6 is 0 Å². The minimum Gasteiger partial charge on any atom is -0.389 e. The number of alkyl halides is 1. The zero-order valence-electron chi connectivity index (χ0n) is 12.5. The summed E-state index contributed by atoms with van der Waals surface area (Å²) >= 11 is 0. The molecule has 2 fully saturated rings. The molecule has 1 N–H and O–H groups in total. The predicted molar refractivity (Wildman–Crippen MR) is 78.1 cm³/mol. The molecule has 3 aliphatic heterocycles. The van der Waals surface area contributed by atoms with Gasteiger partial charge in [0.25, 0.3) is 0 Å². The van der Waals surface area contributed by atoms with Gasteiger partial charge in [-0.25, -0.2) is 4.39 Å². The van der Waals surface area contributed by atoms with Crippen molar-refractivity contribution in [1.29, 1.82) is 0 Å². The number of aliphatic hydroxyl groups is 1. The Morgan fingerprint density at radius 1 is 1.33 bits per heavy atom. The van der Waals surface area contributed by atoms with Crippen LogP contribution in [0.3, 0.4) is 0 Å². The summed E-state index contributed by atoms with van der Waals surface area (Å²) in [6, 6.07) is -0.0932. The van der Waals surface area contributed by atoms with Crippen molar-refractivity contribution in [2.75, 3.05) is 32.7 Å². The molecule has 3 heterocycles. The summed E-state index contributed by atoms with van der Waals surface area (Å²) in [4.78, 5) is 20.2. The van der Waals surface area contributed by atoms with Gasteiger partial charge in [0.1, 0.15) is 6.17 Å². The molecule has 21 heavy (non-hydrogen) atoms. The summed E-state index contributed by atoms with van der Waals surface area (Å²) in [5.74, 6) is 0.334. The van der Waals surface area contributed by atoms with Gasteiger partial charge in [0.2, 0.25) is 5.91 Å². The van der Waals surface area contributed by atoms with E-state index in [0.29, 0.717) is 13.1 Å². The van der Waals surface area contributed by atoms with Gasteiger partial charge in [-0.2, -0.15) is 0 Å². The van der Waals surface area contributed by atoms with Crippen molar-refractivity contribution < 1.29 is 14.3 Å². The number of aliphatic hydroxyl groups excluding tert-OH is 1. The predicted octanol–water partition coefficient (Wildman–Crippen LogP) is 0.329. The number of carbonyl (C=O) groups excluding carboxylic acids is 1. The highest BCUT2D eigenvalue weighted by Gasteiger charge is 2.39. The molecule has 3 atom stereocenters. The van der Waals surface area contributed by atoms with Crippen LogP contribution in [0.25, 0.3) is 0 Å². The smallest absolute Gasteiger partial charge is 0.225 e. The molecule has 5 nitrogen and oxygen atoms in total. The van der Waals surface area contributed by atoms with Crippen molar-refractivity contribution in [3.8, 4) is 0 Å². The van der Waals surface area contributed by atoms with Crippen molar-refractivity contribution in [2.45, 2.75) is 38.1 Å². The number of nitrogens with zero attached hydrogens (tertiary/aromatic N) is 3. The van der Waals surface area contributed by atoms with Crippen LogP contribution in [0.4, 0.5) is 4.39 Å². The van der Waals surface area contributed by atoms with Crippen LogP contribution in [0.2, 0.25) is 0 Å². The monoisotopic (exact) mass is 297 g/mol. The molecule has 0 aromatic rings. The Hall–Kier alpha value is -1.01. The van der Waals surface area contributed by atoms with Gasteiger partial charge in [0.05, 0.1) is 18.7 Å². The first-order chi connectivity index (χ1) is 10.1. The van der Waals surface area contributed by atoms with Crippen molar-refractivity contribution in [2.24, 2.45) is 16.8 Å². The zero-order valence-corrected chi connectivity index (χ0v) is 12.5. The molecular weight excluding hydrogens is 273 g/mol. The normalized spacial score (nSPS) is 35.8. The molecule has 0 bridgehead atoms. The first-order valence-corrected chi connectivity index (χ1v) is 7.91. The maximum atomic E-state index is 14.1. The molecule has 0 spiro atoms. The third kappa shape index (κ3) is 2.97. The third-order valence-electron chi connectivity index (χ3n) is 5.00. The summed E-state index contributed by atoms with van der Waals surface area (Å²) in [6.07, 6.45) is 2.20. The van der Waals surface area contributed by atoms with E-state index in [-0.39, 0.29) is 36.4 Å². The Morgan fingerprint density at radius 2 is 2.00 bits per heavy atom. The van der Waals surface area contributed by atoms with Gasteiger partial charge in [0, 0.05) is 31.1 Å². The summed E-state index contributed by atoms with van der Waals surface area (Å²) in [7, 11) is 0. The maximum Gasteiger partial charge on any atom is 0.225 e. The fourth-order valence-corrected chi connectivity index (χ4v) is 3.75. The summed E-state index contributed by atoms with van der Waals surface area (Å²) in [6.45, 7) is 4.77. The summed E-state index contributed by atoms with van der Waals surface area (Å²) < 4.78 is 14.1. The highest BCUT2D eigenvalue weighted by molar-refractivity contribution is 5.79. The molecule has 1 amide bonds. The SMILES string of the molecule is CC1C=NCC(F)C1N1CCC(C(=O)N2CC(O)C2)CC1. The average Bonchev–Trinajstić information content (AvgIpc) is 2.44. The van der Waals surface area contributed by atoms with Gasteiger partial charge in [-0.15, -0.1) is 0 Å². The van der Waals surface area contributed by atoms with E-state index >= 15 is 0 Å². The lowest BCUT2D eigenvalue weighted by Crippen LogP contribution is -2.57. The standard InChI is InChI=1S/C15H24FN3O2/c1-10-6-17-7-13(16)14(10)18-4-2-11(3-5-18)15(21)19-8-12(20)9-19/h6,10-14,20H,2-5,7-9H2,1H3. The van der Waals surface area contributed by atoms with Gasteiger partial charge in [-0.3, -0.25) is 14.7 Å². The summed E-state index contributed by atoms with van der Waals surface area (Å²) in [5, 5.41) is 9.28. The second-order valence-corrected chi connectivity index (χ2v) is 6.59. The Labute approximate surface area is 124 Å². The van der Waals surface area contributed by atoms with Crippen molar-refractivity contribution >= 4 is 12.1 Å². The van der Waals surface area contributed by atoms with E-state index in [9.17, 15) is 14.3 Å². The third-order valence-corrected chi connectivity index (χ3v) is 5.00. The van der Waals surface area contributed by atoms with Gasteiger partial charge in [-0.05, 0) is 25.9 Å². The zero-order chi connectivity index (χ0) is 15.0. The molecule has 3 aliphatic rings. The number of rotatable bonds is 2. The second kappa shape index (κ2) is 6.01. The summed E-state index contributed by atoms with van der Waals surface area (Å²) in [5.41, 5.74) is 0. The minimum atomic E-state index is -0.900. The van der Waals surface area contributed by atoms with E-state index in [0.717, 1.165) is 25.9 Å². The molecule has 3 unspecified atom stereocenters. The highest BCUT2D eigenvalue weighted by Crippen LogP contribution is 2.28. The number of carbonyl (C=O) groups is 1. The van der Waals surface area contributed by atoms with Crippen molar-refractivity contribution in [3.05, 3.63) is 0 Å². The number of hydrogen-bond donors (Lipinski definition) is 1. The first-order valence-electron chi connectivity index (χ1n) is 7.91. The molecular formula is C15H24FN3O2. The van der Waals surface area contributed by atoms with Crippen LogP contribution in [0.1, 0.15) is 19.8 Å². The maximum absolute atomic E-state index is 14.1. The van der Waals surface area contributed by atoms with Gasteiger partial charge in [0.15, 0.2) is 0 Å². The Balaban J connectivity index is 1.53. The average molecular weight is 297 g/mol. The fraction of sp³-hybridized carbons (Fsp3) is 0.867. The molecule has 3 rings (SSSR count). The van der Waals surface area contributed by atoms with E-state index in [1.807, 2.05) is 13.1 Å². The van der Waals surface area contributed by atoms with Crippen LogP contribution in [-0.4, -0.2) is 78.1 Å². The molecule has 0 aliphatic carbocycles. The first kappa shape index (κ1) is 14.9. The van der Waals surface area contributed by atoms with Crippen LogP contribution in [-0.2, 0) is 4.79 Å². The number of hydrogen-bond acceptors (Lipinski definition) is 4. The Bertz CT molecular complexity index is 417. The lowest BCUT2D eigenvalue weighted by molar-refractivity contribution is -0.147. The lowest BCUT2D eigenvalue weighted by Gasteiger charge is -2.43. The molecule has 0 aromatic heterocycles. The molecule has 6 heteroatoms. The molecule has 0 aromatic carbocycles. The lowest BCUT2D eigenvalue weighted by atomic mass is 9.88. The van der Waals surface area contributed by atoms with Gasteiger partial charge in [-0.1, -0.05) is 6.92 Å². The van der Waals surface area contributed by atoms with Crippen molar-refractivity contribution in [3.63, 3.8) is 0 Å². The van der Waals surface area contributed by atoms with Crippen LogP contribution in [0.15, 0.2) is 4.99 Å². The molecule has 118 valence electrons. The number of likely N-dealkylation sites (tertiary alicyclic amines) is 2. The largest absolute Gasteiger partial charge is 0.389 e. The fourth-order valence-electron chi connectivity index (χ4n) is 3.75. The molecule has 0 saturated carbocycles. The number of amides is 1. The minimum absolute atomic E-state index is 0.0411. The Morgan fingerprint density at radius 3 is 2.57 bits per heavy atom. The van der Waals surface area contributed by atoms with E-state index in [1.165, 1.54) is 0 Å². The van der Waals surface area contributed by atoms with Crippen LogP contribution in [0, 0.1) is 11.8 Å². The van der Waals surface area contributed by atoms with Gasteiger partial charge >= 0.3 is 0 Å². The van der Waals surface area contributed by atoms with Crippen molar-refractivity contribution in [1.82, 2.24) is 9.80 Å². The van der Waals surface area contributed by atoms with Crippen LogP contribution < -0.4 is 0 Å². The second-order valence-electron chi connectivity index (χ2n) is 6.59. The van der Waals surface area contributed by atoms with E-state index in [4.69, 9.17) is 0 Å². The van der Waals surface area contributed by atoms with E-state index < -0.39 is 6.17 Å². The number of β-amino-alcohol motifs (C(OH)–C–C–N with tert-alkyl or cyclic N) is 1. The van der Waals surface area contributed by atoms with Crippen LogP contribution in [0.5, 0.6) is 0 Å². The highest BCUT2D eigenvalue weighted by atomic mass is 19.1. The topological polar surface area (TPSA) is 56.1 Å². The number of piperidine rings is 1. The molecule has 2 saturated heterocycles. The quantitative estimate of drug-likeness (QED) is 0.799. The Kier molecular flexibility index (Phi) is 4.26. The van der Waals surface area contributed by atoms with E-state index in [2.05, 4.69) is 9.89 Å². The number of aliphatic imine (C=N–C) groups is 1. The van der Waals surface area contributed by atoms with E-state index in [1.54, 1.807) is 4.90 Å². The van der Waals surface area contributed by atoms with Gasteiger partial charge < -0.3 is 10.0 Å².